The molecule has 0 aliphatic carbocycles. The second kappa shape index (κ2) is 8.17. The molecule has 2 aromatic carbocycles. The number of amides is 1. The molecule has 0 atom stereocenters. The number of benzene rings is 2. The van der Waals surface area contributed by atoms with Crippen molar-refractivity contribution in [3.05, 3.63) is 59.7 Å². The molecule has 0 aromatic heterocycles. The smallest absolute Gasteiger partial charge is 0.283 e. The average molecular weight is 377 g/mol. The molecule has 0 spiro atoms. The van der Waals surface area contributed by atoms with E-state index in [1.165, 1.54) is 12.1 Å². The Balaban J connectivity index is 2.34. The van der Waals surface area contributed by atoms with Gasteiger partial charge in [-0.25, -0.2) is 0 Å². The van der Waals surface area contributed by atoms with Crippen molar-refractivity contribution >= 4 is 38.5 Å². The maximum Gasteiger partial charge on any atom is 0.283 e. The maximum absolute atomic E-state index is 12.5. The number of nitrogens with two attached hydrogens (primary N) is 1. The lowest BCUT2D eigenvalue weighted by molar-refractivity contribution is 0.267. The largest absolute Gasteiger partial charge is 0.361 e. The summed E-state index contributed by atoms with van der Waals surface area (Å²) >= 11 is 0.782. The van der Waals surface area contributed by atoms with Crippen LogP contribution in [0.4, 0.5) is 10.5 Å². The standard InChI is InChI=1S/C17H19N3O3S2/c1-12-6-8-15(9-7-12)25(22,23)20-16(11-24-17(18)21)19-14-5-3-4-13(2)10-14/h3-10H,11H2,1-2H3,(H2,18,21)(H,19,20). The van der Waals surface area contributed by atoms with Crippen LogP contribution >= 0.6 is 11.8 Å². The Morgan fingerprint density at radius 3 is 2.40 bits per heavy atom. The summed E-state index contributed by atoms with van der Waals surface area (Å²) in [5, 5.41) is 2.35. The summed E-state index contributed by atoms with van der Waals surface area (Å²) in [6.07, 6.45) is 0. The summed E-state index contributed by atoms with van der Waals surface area (Å²) in [5.74, 6) is 0.156. The summed E-state index contributed by atoms with van der Waals surface area (Å²) in [4.78, 5) is 11.1. The molecule has 6 nitrogen and oxygen atoms in total. The molecule has 3 N–H and O–H groups in total. The monoisotopic (exact) mass is 377 g/mol. The fraction of sp³-hybridized carbons (Fsp3) is 0.176. The van der Waals surface area contributed by atoms with Crippen LogP contribution in [0.25, 0.3) is 0 Å². The van der Waals surface area contributed by atoms with E-state index in [1.807, 2.05) is 32.0 Å². The molecule has 0 fully saturated rings. The molecule has 0 unspecified atom stereocenters. The van der Waals surface area contributed by atoms with Crippen molar-refractivity contribution in [2.45, 2.75) is 18.7 Å². The van der Waals surface area contributed by atoms with Crippen LogP contribution < -0.4 is 11.1 Å². The molecule has 2 aromatic rings. The molecule has 0 bridgehead atoms. The van der Waals surface area contributed by atoms with E-state index in [0.717, 1.165) is 22.9 Å². The number of hydrogen-bond acceptors (Lipinski definition) is 4. The molecule has 0 aliphatic rings. The number of hydrogen-bond donors (Lipinski definition) is 2. The number of nitrogens with one attached hydrogen (secondary N) is 1. The topological polar surface area (TPSA) is 102 Å². The molecule has 0 radical (unpaired) electrons. The van der Waals surface area contributed by atoms with Crippen LogP contribution in [0.1, 0.15) is 11.1 Å². The molecule has 8 heteroatoms. The van der Waals surface area contributed by atoms with Crippen molar-refractivity contribution in [2.75, 3.05) is 11.1 Å². The van der Waals surface area contributed by atoms with Crippen LogP contribution in [0.5, 0.6) is 0 Å². The van der Waals surface area contributed by atoms with Crippen LogP contribution in [0.2, 0.25) is 0 Å². The molecular weight excluding hydrogens is 358 g/mol. The highest BCUT2D eigenvalue weighted by Gasteiger charge is 2.15. The number of nitrogens with zero attached hydrogens (tertiary/aromatic N) is 1. The Labute approximate surface area is 151 Å². The minimum Gasteiger partial charge on any atom is -0.361 e. The van der Waals surface area contributed by atoms with Gasteiger partial charge in [0.2, 0.25) is 0 Å². The molecule has 0 saturated carbocycles. The van der Waals surface area contributed by atoms with E-state index in [0.29, 0.717) is 5.69 Å². The molecule has 2 rings (SSSR count). The van der Waals surface area contributed by atoms with Crippen LogP contribution in [0.15, 0.2) is 57.8 Å². The first-order valence-corrected chi connectivity index (χ1v) is 9.85. The zero-order valence-corrected chi connectivity index (χ0v) is 15.5. The number of primary amides is 1. The quantitative estimate of drug-likeness (QED) is 0.615. The zero-order chi connectivity index (χ0) is 18.4. The maximum atomic E-state index is 12.5. The molecule has 25 heavy (non-hydrogen) atoms. The Hall–Kier alpha value is -2.32. The fourth-order valence-corrected chi connectivity index (χ4v) is 3.51. The Bertz CT molecular complexity index is 892. The SMILES string of the molecule is Cc1ccc(S(=O)(=O)/N=C(/CSC(N)=O)Nc2cccc(C)c2)cc1. The Kier molecular flexibility index (Phi) is 6.22. The third-order valence-corrected chi connectivity index (χ3v) is 5.24. The minimum atomic E-state index is -3.89. The predicted octanol–water partition coefficient (Wildman–Crippen LogP) is 3.31. The van der Waals surface area contributed by atoms with Crippen LogP contribution in [0.3, 0.4) is 0 Å². The van der Waals surface area contributed by atoms with Gasteiger partial charge in [0.25, 0.3) is 15.3 Å². The van der Waals surface area contributed by atoms with Gasteiger partial charge in [0.1, 0.15) is 5.84 Å². The number of thioether (sulfide) groups is 1. The van der Waals surface area contributed by atoms with Crippen molar-refractivity contribution < 1.29 is 13.2 Å². The lowest BCUT2D eigenvalue weighted by Gasteiger charge is -2.10. The summed E-state index contributed by atoms with van der Waals surface area (Å²) in [5.41, 5.74) is 7.78. The van der Waals surface area contributed by atoms with E-state index in [-0.39, 0.29) is 16.5 Å². The van der Waals surface area contributed by atoms with Gasteiger partial charge in [0.15, 0.2) is 0 Å². The van der Waals surface area contributed by atoms with Crippen LogP contribution in [-0.4, -0.2) is 25.2 Å². The molecular formula is C17H19N3O3S2. The molecule has 1 amide bonds. The second-order valence-electron chi connectivity index (χ2n) is 5.43. The van der Waals surface area contributed by atoms with Gasteiger partial charge in [-0.05, 0) is 43.7 Å². The molecule has 0 heterocycles. The normalized spacial score (nSPS) is 12.0. The van der Waals surface area contributed by atoms with Gasteiger partial charge in [-0.3, -0.25) is 4.79 Å². The first kappa shape index (κ1) is 19.0. The van der Waals surface area contributed by atoms with E-state index in [9.17, 15) is 13.2 Å². The third kappa shape index (κ3) is 5.91. The average Bonchev–Trinajstić information content (AvgIpc) is 2.53. The van der Waals surface area contributed by atoms with Crippen molar-refractivity contribution in [3.63, 3.8) is 0 Å². The van der Waals surface area contributed by atoms with E-state index in [2.05, 4.69) is 9.71 Å². The lowest BCUT2D eigenvalue weighted by Crippen LogP contribution is -2.19. The summed E-state index contributed by atoms with van der Waals surface area (Å²) in [6.45, 7) is 3.79. The van der Waals surface area contributed by atoms with Crippen LogP contribution in [0, 0.1) is 13.8 Å². The fourth-order valence-electron chi connectivity index (χ4n) is 2.02. The zero-order valence-electron chi connectivity index (χ0n) is 13.9. The third-order valence-electron chi connectivity index (χ3n) is 3.21. The predicted molar refractivity (Wildman–Crippen MR) is 103 cm³/mol. The van der Waals surface area contributed by atoms with E-state index in [4.69, 9.17) is 5.73 Å². The summed E-state index contributed by atoms with van der Waals surface area (Å²) < 4.78 is 28.9. The van der Waals surface area contributed by atoms with Crippen molar-refractivity contribution in [1.29, 1.82) is 0 Å². The van der Waals surface area contributed by atoms with Gasteiger partial charge in [-0.2, -0.15) is 8.42 Å². The summed E-state index contributed by atoms with van der Waals surface area (Å²) in [6, 6.07) is 13.8. The molecule has 0 saturated heterocycles. The van der Waals surface area contributed by atoms with Crippen molar-refractivity contribution in [1.82, 2.24) is 0 Å². The number of carbonyl (C=O) groups is 1. The van der Waals surface area contributed by atoms with Gasteiger partial charge < -0.3 is 11.1 Å². The van der Waals surface area contributed by atoms with E-state index >= 15 is 0 Å². The highest BCUT2D eigenvalue weighted by Crippen LogP contribution is 2.16. The molecule has 0 aliphatic heterocycles. The first-order chi connectivity index (χ1) is 11.8. The van der Waals surface area contributed by atoms with Gasteiger partial charge >= 0.3 is 0 Å². The van der Waals surface area contributed by atoms with E-state index in [1.54, 1.807) is 18.2 Å². The van der Waals surface area contributed by atoms with Gasteiger partial charge in [0.05, 0.1) is 10.6 Å². The van der Waals surface area contributed by atoms with Crippen LogP contribution in [-0.2, 0) is 10.0 Å². The van der Waals surface area contributed by atoms with Gasteiger partial charge in [0, 0.05) is 5.69 Å². The number of amidine groups is 1. The summed E-state index contributed by atoms with van der Waals surface area (Å²) in [7, 11) is -3.89. The van der Waals surface area contributed by atoms with E-state index < -0.39 is 15.3 Å². The number of aryl methyl sites for hydroxylation is 2. The highest BCUT2D eigenvalue weighted by atomic mass is 32.2. The second-order valence-corrected chi connectivity index (χ2v) is 8.01. The van der Waals surface area contributed by atoms with Gasteiger partial charge in [-0.15, -0.1) is 4.40 Å². The Morgan fingerprint density at radius 1 is 1.12 bits per heavy atom. The molecule has 132 valence electrons. The Morgan fingerprint density at radius 2 is 1.80 bits per heavy atom. The first-order valence-electron chi connectivity index (χ1n) is 7.43. The van der Waals surface area contributed by atoms with Gasteiger partial charge in [-0.1, -0.05) is 41.6 Å². The number of carbonyl (C=O) groups excluding carboxylic acids is 1. The minimum absolute atomic E-state index is 0.0222. The van der Waals surface area contributed by atoms with Crippen molar-refractivity contribution in [3.8, 4) is 0 Å². The highest BCUT2D eigenvalue weighted by molar-refractivity contribution is 8.14. The van der Waals surface area contributed by atoms with Crippen molar-refractivity contribution in [2.24, 2.45) is 10.1 Å². The number of rotatable bonds is 5. The number of sulfonamides is 1. The number of anilines is 1. The lowest BCUT2D eigenvalue weighted by atomic mass is 10.2.